The standard InChI is InChI=1S/C16H17F2NO/c1-16(19,10-11-6-3-4-8-13(11)17)12-7-5-9-14(20-2)15(12)18/h3-9H,10,19H2,1-2H3. The van der Waals surface area contributed by atoms with Crippen LogP contribution in [0.2, 0.25) is 0 Å². The molecule has 0 radical (unpaired) electrons. The predicted molar refractivity (Wildman–Crippen MR) is 74.6 cm³/mol. The average Bonchev–Trinajstić information content (AvgIpc) is 2.41. The van der Waals surface area contributed by atoms with Crippen molar-refractivity contribution < 1.29 is 13.5 Å². The summed E-state index contributed by atoms with van der Waals surface area (Å²) in [6, 6.07) is 11.2. The second kappa shape index (κ2) is 5.59. The summed E-state index contributed by atoms with van der Waals surface area (Å²) in [5.74, 6) is -0.712. The van der Waals surface area contributed by atoms with Crippen LogP contribution in [0.15, 0.2) is 42.5 Å². The Morgan fingerprint density at radius 2 is 1.80 bits per heavy atom. The van der Waals surface area contributed by atoms with Crippen LogP contribution in [0.4, 0.5) is 8.78 Å². The van der Waals surface area contributed by atoms with Gasteiger partial charge in [-0.25, -0.2) is 8.78 Å². The van der Waals surface area contributed by atoms with E-state index in [1.165, 1.54) is 19.2 Å². The summed E-state index contributed by atoms with van der Waals surface area (Å²) in [5, 5.41) is 0. The molecule has 2 rings (SSSR count). The summed E-state index contributed by atoms with van der Waals surface area (Å²) < 4.78 is 32.9. The molecule has 4 heteroatoms. The predicted octanol–water partition coefficient (Wildman–Crippen LogP) is 3.39. The molecule has 2 N–H and O–H groups in total. The van der Waals surface area contributed by atoms with Crippen LogP contribution in [0.3, 0.4) is 0 Å². The number of hydrogen-bond donors (Lipinski definition) is 1. The lowest BCUT2D eigenvalue weighted by Gasteiger charge is -2.26. The van der Waals surface area contributed by atoms with E-state index in [-0.39, 0.29) is 18.0 Å². The molecule has 0 saturated heterocycles. The third kappa shape index (κ3) is 2.80. The quantitative estimate of drug-likeness (QED) is 0.929. The Labute approximate surface area is 117 Å². The number of halogens is 2. The number of hydrogen-bond acceptors (Lipinski definition) is 2. The highest BCUT2D eigenvalue weighted by Gasteiger charge is 2.27. The van der Waals surface area contributed by atoms with Gasteiger partial charge in [0, 0.05) is 11.1 Å². The maximum atomic E-state index is 14.3. The molecule has 2 aromatic carbocycles. The zero-order valence-corrected chi connectivity index (χ0v) is 11.5. The minimum Gasteiger partial charge on any atom is -0.494 e. The Morgan fingerprint density at radius 3 is 2.45 bits per heavy atom. The normalized spacial score (nSPS) is 13.8. The van der Waals surface area contributed by atoms with Gasteiger partial charge in [0.05, 0.1) is 7.11 Å². The summed E-state index contributed by atoms with van der Waals surface area (Å²) in [4.78, 5) is 0. The van der Waals surface area contributed by atoms with Gasteiger partial charge in [-0.1, -0.05) is 30.3 Å². The van der Waals surface area contributed by atoms with E-state index < -0.39 is 11.4 Å². The highest BCUT2D eigenvalue weighted by molar-refractivity contribution is 5.36. The van der Waals surface area contributed by atoms with Crippen LogP contribution in [0.5, 0.6) is 5.75 Å². The summed E-state index contributed by atoms with van der Waals surface area (Å²) in [5.41, 5.74) is 5.94. The second-order valence-electron chi connectivity index (χ2n) is 5.01. The molecule has 106 valence electrons. The van der Waals surface area contributed by atoms with Crippen LogP contribution in [0.25, 0.3) is 0 Å². The number of benzene rings is 2. The molecular formula is C16H17F2NO. The Hall–Kier alpha value is -1.94. The topological polar surface area (TPSA) is 35.2 Å². The van der Waals surface area contributed by atoms with Crippen molar-refractivity contribution in [1.82, 2.24) is 0 Å². The fourth-order valence-electron chi connectivity index (χ4n) is 2.24. The minimum absolute atomic E-state index is 0.132. The molecule has 0 fully saturated rings. The van der Waals surface area contributed by atoms with Crippen LogP contribution < -0.4 is 10.5 Å². The molecule has 1 unspecified atom stereocenters. The molecule has 2 aromatic rings. The SMILES string of the molecule is COc1cccc(C(C)(N)Cc2ccccc2F)c1F. The van der Waals surface area contributed by atoms with Gasteiger partial charge < -0.3 is 10.5 Å². The molecule has 0 aromatic heterocycles. The number of nitrogens with two attached hydrogens (primary N) is 1. The number of rotatable bonds is 4. The first-order valence-corrected chi connectivity index (χ1v) is 6.31. The number of methoxy groups -OCH3 is 1. The summed E-state index contributed by atoms with van der Waals surface area (Å²) in [6.45, 7) is 1.68. The van der Waals surface area contributed by atoms with Gasteiger partial charge in [-0.2, -0.15) is 0 Å². The van der Waals surface area contributed by atoms with Crippen molar-refractivity contribution in [1.29, 1.82) is 0 Å². The van der Waals surface area contributed by atoms with E-state index in [0.717, 1.165) is 0 Å². The van der Waals surface area contributed by atoms with E-state index in [9.17, 15) is 8.78 Å². The van der Waals surface area contributed by atoms with Crippen LogP contribution in [0.1, 0.15) is 18.1 Å². The molecule has 0 aliphatic rings. The highest BCUT2D eigenvalue weighted by atomic mass is 19.1. The molecule has 0 aliphatic carbocycles. The van der Waals surface area contributed by atoms with E-state index in [4.69, 9.17) is 10.5 Å². The van der Waals surface area contributed by atoms with Crippen molar-refractivity contribution >= 4 is 0 Å². The van der Waals surface area contributed by atoms with Crippen molar-refractivity contribution in [3.05, 3.63) is 65.2 Å². The van der Waals surface area contributed by atoms with Gasteiger partial charge in [-0.15, -0.1) is 0 Å². The molecule has 0 bridgehead atoms. The monoisotopic (exact) mass is 277 g/mol. The van der Waals surface area contributed by atoms with Crippen molar-refractivity contribution in [2.24, 2.45) is 5.73 Å². The smallest absolute Gasteiger partial charge is 0.170 e. The van der Waals surface area contributed by atoms with Crippen molar-refractivity contribution in [3.8, 4) is 5.75 Å². The average molecular weight is 277 g/mol. The lowest BCUT2D eigenvalue weighted by Crippen LogP contribution is -2.36. The molecule has 0 amide bonds. The van der Waals surface area contributed by atoms with Crippen LogP contribution in [-0.4, -0.2) is 7.11 Å². The van der Waals surface area contributed by atoms with Gasteiger partial charge in [-0.3, -0.25) is 0 Å². The van der Waals surface area contributed by atoms with E-state index in [1.54, 1.807) is 37.3 Å². The van der Waals surface area contributed by atoms with Gasteiger partial charge in [0.25, 0.3) is 0 Å². The first-order chi connectivity index (χ1) is 9.45. The molecule has 2 nitrogen and oxygen atoms in total. The maximum absolute atomic E-state index is 14.3. The molecule has 0 saturated carbocycles. The maximum Gasteiger partial charge on any atom is 0.170 e. The van der Waals surface area contributed by atoms with Crippen LogP contribution in [-0.2, 0) is 12.0 Å². The first kappa shape index (κ1) is 14.5. The van der Waals surface area contributed by atoms with Gasteiger partial charge in [0.15, 0.2) is 11.6 Å². The zero-order valence-electron chi connectivity index (χ0n) is 11.5. The Balaban J connectivity index is 2.38. The molecule has 0 aliphatic heterocycles. The van der Waals surface area contributed by atoms with E-state index in [0.29, 0.717) is 11.1 Å². The van der Waals surface area contributed by atoms with Crippen molar-refractivity contribution in [3.63, 3.8) is 0 Å². The lowest BCUT2D eigenvalue weighted by atomic mass is 9.86. The summed E-state index contributed by atoms with van der Waals surface area (Å²) >= 11 is 0. The van der Waals surface area contributed by atoms with Crippen molar-refractivity contribution in [2.45, 2.75) is 18.9 Å². The van der Waals surface area contributed by atoms with E-state index in [2.05, 4.69) is 0 Å². The molecular weight excluding hydrogens is 260 g/mol. The molecule has 20 heavy (non-hydrogen) atoms. The third-order valence-electron chi connectivity index (χ3n) is 3.31. The minimum atomic E-state index is -1.03. The van der Waals surface area contributed by atoms with Gasteiger partial charge >= 0.3 is 0 Å². The van der Waals surface area contributed by atoms with E-state index in [1.807, 2.05) is 0 Å². The van der Waals surface area contributed by atoms with Crippen molar-refractivity contribution in [2.75, 3.05) is 7.11 Å². The van der Waals surface area contributed by atoms with Crippen LogP contribution >= 0.6 is 0 Å². The Bertz CT molecular complexity index is 611. The number of ether oxygens (including phenoxy) is 1. The first-order valence-electron chi connectivity index (χ1n) is 6.31. The largest absolute Gasteiger partial charge is 0.494 e. The van der Waals surface area contributed by atoms with Gasteiger partial charge in [0.2, 0.25) is 0 Å². The third-order valence-corrected chi connectivity index (χ3v) is 3.31. The Kier molecular flexibility index (Phi) is 4.04. The molecule has 0 heterocycles. The summed E-state index contributed by atoms with van der Waals surface area (Å²) in [6.07, 6.45) is 0.198. The lowest BCUT2D eigenvalue weighted by molar-refractivity contribution is 0.371. The summed E-state index contributed by atoms with van der Waals surface area (Å²) in [7, 11) is 1.40. The fourth-order valence-corrected chi connectivity index (χ4v) is 2.24. The molecule has 0 spiro atoms. The zero-order chi connectivity index (χ0) is 14.8. The van der Waals surface area contributed by atoms with E-state index >= 15 is 0 Å². The Morgan fingerprint density at radius 1 is 1.10 bits per heavy atom. The highest BCUT2D eigenvalue weighted by Crippen LogP contribution is 2.30. The second-order valence-corrected chi connectivity index (χ2v) is 5.01. The molecule has 1 atom stereocenters. The van der Waals surface area contributed by atoms with Crippen LogP contribution in [0, 0.1) is 11.6 Å². The van der Waals surface area contributed by atoms with Gasteiger partial charge in [-0.05, 0) is 31.0 Å². The van der Waals surface area contributed by atoms with Gasteiger partial charge in [0.1, 0.15) is 5.82 Å². The fraction of sp³-hybridized carbons (Fsp3) is 0.250.